The number of pyridine rings is 1. The van der Waals surface area contributed by atoms with Gasteiger partial charge in [-0.3, -0.25) is 14.3 Å². The Hall–Kier alpha value is -2.87. The van der Waals surface area contributed by atoms with Crippen LogP contribution in [0.15, 0.2) is 48.7 Å². The van der Waals surface area contributed by atoms with Gasteiger partial charge < -0.3 is 5.32 Å². The number of thioether (sulfide) groups is 1. The number of hydrogen-bond donors (Lipinski definition) is 2. The molecule has 0 spiro atoms. The molecule has 1 aromatic carbocycles. The van der Waals surface area contributed by atoms with Crippen LogP contribution in [0, 0.1) is 0 Å². The number of nitrogens with zero attached hydrogens (tertiary/aromatic N) is 4. The van der Waals surface area contributed by atoms with Crippen molar-refractivity contribution in [3.63, 3.8) is 0 Å². The first kappa shape index (κ1) is 16.6. The summed E-state index contributed by atoms with van der Waals surface area (Å²) in [6.45, 7) is 0. The summed E-state index contributed by atoms with van der Waals surface area (Å²) in [5, 5.41) is 19.5. The number of carbonyl (C=O) groups is 1. The second kappa shape index (κ2) is 7.17. The maximum atomic E-state index is 12.9. The van der Waals surface area contributed by atoms with Crippen molar-refractivity contribution < 1.29 is 4.79 Å². The van der Waals surface area contributed by atoms with Crippen LogP contribution in [0.25, 0.3) is 16.6 Å². The fraction of sp³-hybridized carbons (Fsp3) is 0.222. The summed E-state index contributed by atoms with van der Waals surface area (Å²) < 4.78 is 1.91. The van der Waals surface area contributed by atoms with Crippen LogP contribution in [0.5, 0.6) is 0 Å². The summed E-state index contributed by atoms with van der Waals surface area (Å²) in [6.07, 6.45) is 4.71. The van der Waals surface area contributed by atoms with Crippen LogP contribution in [0.3, 0.4) is 0 Å². The van der Waals surface area contributed by atoms with Gasteiger partial charge in [0.1, 0.15) is 0 Å². The smallest absolute Gasteiger partial charge is 0.273 e. The second-order valence-electron chi connectivity index (χ2n) is 5.91. The Balaban J connectivity index is 1.66. The minimum Gasteiger partial charge on any atom is -0.341 e. The van der Waals surface area contributed by atoms with Gasteiger partial charge in [0.15, 0.2) is 17.2 Å². The van der Waals surface area contributed by atoms with Crippen molar-refractivity contribution in [1.29, 1.82) is 0 Å². The van der Waals surface area contributed by atoms with Crippen LogP contribution in [-0.2, 0) is 0 Å². The van der Waals surface area contributed by atoms with Crippen molar-refractivity contribution in [2.45, 2.75) is 12.5 Å². The molecule has 0 aliphatic rings. The number of H-pyrrole nitrogens is 1. The molecular formula is C18H18N6OS. The van der Waals surface area contributed by atoms with Crippen LogP contribution in [0.2, 0.25) is 0 Å². The molecule has 0 aliphatic carbocycles. The summed E-state index contributed by atoms with van der Waals surface area (Å²) >= 11 is 1.73. The van der Waals surface area contributed by atoms with E-state index >= 15 is 0 Å². The minimum atomic E-state index is -0.247. The Bertz CT molecular complexity index is 1060. The van der Waals surface area contributed by atoms with Gasteiger partial charge in [0.2, 0.25) is 0 Å². The molecule has 7 nitrogen and oxygen atoms in total. The summed E-state index contributed by atoms with van der Waals surface area (Å²) in [7, 11) is 0. The van der Waals surface area contributed by atoms with Gasteiger partial charge in [-0.2, -0.15) is 16.9 Å². The number of nitrogens with one attached hydrogen (secondary N) is 2. The van der Waals surface area contributed by atoms with Crippen molar-refractivity contribution in [1.82, 2.24) is 30.1 Å². The van der Waals surface area contributed by atoms with E-state index in [1.165, 1.54) is 0 Å². The molecule has 2 N–H and O–H groups in total. The van der Waals surface area contributed by atoms with E-state index in [-0.39, 0.29) is 11.9 Å². The molecule has 132 valence electrons. The Morgan fingerprint density at radius 2 is 2.08 bits per heavy atom. The van der Waals surface area contributed by atoms with Gasteiger partial charge in [-0.1, -0.05) is 24.3 Å². The van der Waals surface area contributed by atoms with E-state index in [0.29, 0.717) is 5.69 Å². The van der Waals surface area contributed by atoms with Gasteiger partial charge in [0, 0.05) is 11.6 Å². The molecule has 0 bridgehead atoms. The van der Waals surface area contributed by atoms with Crippen molar-refractivity contribution in [2.75, 3.05) is 12.0 Å². The third kappa shape index (κ3) is 3.03. The van der Waals surface area contributed by atoms with Crippen molar-refractivity contribution in [3.8, 4) is 0 Å². The highest BCUT2D eigenvalue weighted by Gasteiger charge is 2.23. The molecule has 4 aromatic rings. The van der Waals surface area contributed by atoms with Crippen molar-refractivity contribution >= 4 is 34.2 Å². The molecule has 3 aromatic heterocycles. The predicted molar refractivity (Wildman–Crippen MR) is 102 cm³/mol. The highest BCUT2D eigenvalue weighted by Crippen LogP contribution is 2.20. The first-order valence-electron chi connectivity index (χ1n) is 8.30. The Labute approximate surface area is 154 Å². The quantitative estimate of drug-likeness (QED) is 0.548. The predicted octanol–water partition coefficient (Wildman–Crippen LogP) is 2.83. The standard InChI is InChI=1S/C18H18N6OS/c1-26-11-9-14(17-23-21-15-8-4-5-10-24(15)17)19-18(25)16-12-6-2-3-7-13(12)20-22-16/h2-8,10,14H,9,11H2,1H3,(H,19,25)(H,20,22). The molecule has 8 heteroatoms. The molecule has 0 saturated heterocycles. The number of aromatic nitrogens is 5. The monoisotopic (exact) mass is 366 g/mol. The van der Waals surface area contributed by atoms with E-state index in [2.05, 4.69) is 25.7 Å². The molecule has 4 rings (SSSR count). The highest BCUT2D eigenvalue weighted by molar-refractivity contribution is 7.98. The van der Waals surface area contributed by atoms with Gasteiger partial charge >= 0.3 is 0 Å². The van der Waals surface area contributed by atoms with E-state index in [1.807, 2.05) is 59.3 Å². The number of hydrogen-bond acceptors (Lipinski definition) is 5. The summed E-state index contributed by atoms with van der Waals surface area (Å²) in [5.41, 5.74) is 1.99. The molecular weight excluding hydrogens is 348 g/mol. The largest absolute Gasteiger partial charge is 0.341 e. The number of para-hydroxylation sites is 1. The Kier molecular flexibility index (Phi) is 4.57. The fourth-order valence-corrected chi connectivity index (χ4v) is 3.43. The number of benzene rings is 1. The van der Waals surface area contributed by atoms with Crippen molar-refractivity contribution in [2.24, 2.45) is 0 Å². The van der Waals surface area contributed by atoms with Crippen LogP contribution in [0.4, 0.5) is 0 Å². The second-order valence-corrected chi connectivity index (χ2v) is 6.90. The lowest BCUT2D eigenvalue weighted by Gasteiger charge is -2.16. The maximum absolute atomic E-state index is 12.9. The molecule has 0 fully saturated rings. The third-order valence-electron chi connectivity index (χ3n) is 4.25. The zero-order valence-electron chi connectivity index (χ0n) is 14.2. The average Bonchev–Trinajstić information content (AvgIpc) is 3.29. The van der Waals surface area contributed by atoms with Crippen LogP contribution >= 0.6 is 11.8 Å². The van der Waals surface area contributed by atoms with E-state index in [0.717, 1.165) is 34.5 Å². The topological polar surface area (TPSA) is 88.0 Å². The minimum absolute atomic E-state index is 0.221. The van der Waals surface area contributed by atoms with Crippen LogP contribution in [-0.4, -0.2) is 42.7 Å². The zero-order valence-corrected chi connectivity index (χ0v) is 15.0. The number of carbonyl (C=O) groups excluding carboxylic acids is 1. The normalized spacial score (nSPS) is 12.5. The molecule has 0 saturated carbocycles. The first-order chi connectivity index (χ1) is 12.8. The molecule has 0 radical (unpaired) electrons. The molecule has 0 aliphatic heterocycles. The van der Waals surface area contributed by atoms with E-state index in [1.54, 1.807) is 11.8 Å². The number of fused-ring (bicyclic) bond motifs is 2. The van der Waals surface area contributed by atoms with Crippen molar-refractivity contribution in [3.05, 3.63) is 60.2 Å². The third-order valence-corrected chi connectivity index (χ3v) is 4.90. The summed E-state index contributed by atoms with van der Waals surface area (Å²) in [4.78, 5) is 12.9. The number of rotatable bonds is 6. The van der Waals surface area contributed by atoms with Gasteiger partial charge in [0.05, 0.1) is 11.6 Å². The first-order valence-corrected chi connectivity index (χ1v) is 9.70. The summed E-state index contributed by atoms with van der Waals surface area (Å²) in [6, 6.07) is 13.1. The lowest BCUT2D eigenvalue weighted by molar-refractivity contribution is 0.0930. The fourth-order valence-electron chi connectivity index (χ4n) is 2.96. The Morgan fingerprint density at radius 3 is 2.96 bits per heavy atom. The highest BCUT2D eigenvalue weighted by atomic mass is 32.2. The van der Waals surface area contributed by atoms with Gasteiger partial charge in [-0.15, -0.1) is 10.2 Å². The number of amides is 1. The van der Waals surface area contributed by atoms with Crippen LogP contribution in [0.1, 0.15) is 28.8 Å². The number of aromatic amines is 1. The molecule has 26 heavy (non-hydrogen) atoms. The SMILES string of the molecule is CSCCC(NC(=O)c1n[nH]c2ccccc12)c1nnc2ccccn12. The maximum Gasteiger partial charge on any atom is 0.273 e. The average molecular weight is 366 g/mol. The van der Waals surface area contributed by atoms with Gasteiger partial charge in [0.25, 0.3) is 5.91 Å². The van der Waals surface area contributed by atoms with E-state index in [9.17, 15) is 4.79 Å². The van der Waals surface area contributed by atoms with Crippen LogP contribution < -0.4 is 5.32 Å². The summed E-state index contributed by atoms with van der Waals surface area (Å²) in [5.74, 6) is 1.40. The lowest BCUT2D eigenvalue weighted by atomic mass is 10.1. The molecule has 1 atom stereocenters. The van der Waals surface area contributed by atoms with Gasteiger partial charge in [-0.25, -0.2) is 0 Å². The lowest BCUT2D eigenvalue weighted by Crippen LogP contribution is -2.30. The molecule has 1 amide bonds. The molecule has 1 unspecified atom stereocenters. The van der Waals surface area contributed by atoms with Gasteiger partial charge in [-0.05, 0) is 36.6 Å². The van der Waals surface area contributed by atoms with E-state index in [4.69, 9.17) is 0 Å². The zero-order chi connectivity index (χ0) is 17.9. The Morgan fingerprint density at radius 1 is 1.23 bits per heavy atom. The van der Waals surface area contributed by atoms with E-state index < -0.39 is 0 Å². The molecule has 3 heterocycles.